The van der Waals surface area contributed by atoms with Crippen LogP contribution >= 0.6 is 15.9 Å². The molecule has 1 amide bonds. The van der Waals surface area contributed by atoms with Crippen molar-refractivity contribution in [2.75, 3.05) is 0 Å². The van der Waals surface area contributed by atoms with E-state index in [0.29, 0.717) is 15.4 Å². The third-order valence-corrected chi connectivity index (χ3v) is 5.90. The first-order valence-electron chi connectivity index (χ1n) is 10.3. The SMILES string of the molecule is CC(C)(C)C(NC(=O)c1cc(Br)c2ccccc2c1OCc1ccc(C(F)(F)F)cc1)C(=O)O. The standard InChI is InChI=1S/C25H23BrF3NO4/c1-24(2,3)21(23(32)33)30-22(31)18-12-19(26)16-6-4-5-7-17(16)20(18)34-13-14-8-10-15(11-9-14)25(27,28)29/h4-12,21H,13H2,1-3H3,(H,30,31)(H,32,33). The number of carboxylic acids is 1. The Balaban J connectivity index is 1.99. The zero-order valence-electron chi connectivity index (χ0n) is 18.7. The number of nitrogens with one attached hydrogen (secondary N) is 1. The normalized spacial score (nSPS) is 12.9. The molecule has 0 fully saturated rings. The van der Waals surface area contributed by atoms with Gasteiger partial charge in [-0.1, -0.05) is 73.1 Å². The summed E-state index contributed by atoms with van der Waals surface area (Å²) >= 11 is 3.45. The second-order valence-corrected chi connectivity index (χ2v) is 9.73. The number of hydrogen-bond donors (Lipinski definition) is 2. The van der Waals surface area contributed by atoms with E-state index in [1.54, 1.807) is 39.0 Å². The van der Waals surface area contributed by atoms with Gasteiger partial charge in [0.25, 0.3) is 5.91 Å². The van der Waals surface area contributed by atoms with Crippen LogP contribution in [0, 0.1) is 5.41 Å². The monoisotopic (exact) mass is 537 g/mol. The molecule has 2 N–H and O–H groups in total. The molecule has 0 aromatic heterocycles. The second kappa shape index (κ2) is 9.66. The maximum atomic E-state index is 13.2. The molecule has 0 heterocycles. The molecule has 0 saturated carbocycles. The van der Waals surface area contributed by atoms with Gasteiger partial charge in [-0.15, -0.1) is 0 Å². The van der Waals surface area contributed by atoms with Crippen molar-refractivity contribution in [1.82, 2.24) is 5.32 Å². The first kappa shape index (κ1) is 25.6. The molecule has 3 rings (SSSR count). The van der Waals surface area contributed by atoms with Crippen LogP contribution in [-0.2, 0) is 17.6 Å². The van der Waals surface area contributed by atoms with Gasteiger partial charge in [-0.25, -0.2) is 4.79 Å². The predicted octanol–water partition coefficient (Wildman–Crippen LogP) is 6.43. The van der Waals surface area contributed by atoms with Crippen molar-refractivity contribution in [2.24, 2.45) is 5.41 Å². The number of carboxylic acid groups (broad SMARTS) is 1. The second-order valence-electron chi connectivity index (χ2n) is 8.87. The van der Waals surface area contributed by atoms with E-state index >= 15 is 0 Å². The predicted molar refractivity (Wildman–Crippen MR) is 126 cm³/mol. The summed E-state index contributed by atoms with van der Waals surface area (Å²) in [4.78, 5) is 24.9. The molecule has 0 aliphatic rings. The maximum Gasteiger partial charge on any atom is 0.416 e. The Labute approximate surface area is 203 Å². The van der Waals surface area contributed by atoms with Crippen LogP contribution < -0.4 is 10.1 Å². The number of amides is 1. The van der Waals surface area contributed by atoms with Gasteiger partial charge in [0, 0.05) is 9.86 Å². The molecule has 0 aliphatic carbocycles. The van der Waals surface area contributed by atoms with Crippen LogP contribution in [0.4, 0.5) is 13.2 Å². The molecule has 1 atom stereocenters. The molecule has 3 aromatic rings. The Morgan fingerprint density at radius 1 is 1.03 bits per heavy atom. The Bertz CT molecular complexity index is 1220. The van der Waals surface area contributed by atoms with E-state index in [9.17, 15) is 27.9 Å². The number of alkyl halides is 3. The fourth-order valence-corrected chi connectivity index (χ4v) is 4.01. The van der Waals surface area contributed by atoms with Gasteiger partial charge in [-0.3, -0.25) is 4.79 Å². The molecule has 0 spiro atoms. The Morgan fingerprint density at radius 2 is 1.62 bits per heavy atom. The number of hydrogen-bond acceptors (Lipinski definition) is 3. The maximum absolute atomic E-state index is 13.2. The molecule has 34 heavy (non-hydrogen) atoms. The molecule has 180 valence electrons. The number of carbonyl (C=O) groups excluding carboxylic acids is 1. The lowest BCUT2D eigenvalue weighted by molar-refractivity contribution is -0.142. The fraction of sp³-hybridized carbons (Fsp3) is 0.280. The zero-order valence-corrected chi connectivity index (χ0v) is 20.3. The van der Waals surface area contributed by atoms with Gasteiger partial charge in [-0.2, -0.15) is 13.2 Å². The number of benzene rings is 3. The number of ether oxygens (including phenoxy) is 1. The minimum atomic E-state index is -4.44. The van der Waals surface area contributed by atoms with Crippen molar-refractivity contribution in [3.63, 3.8) is 0 Å². The zero-order chi connectivity index (χ0) is 25.3. The van der Waals surface area contributed by atoms with E-state index in [1.807, 2.05) is 12.1 Å². The van der Waals surface area contributed by atoms with E-state index in [2.05, 4.69) is 21.2 Å². The van der Waals surface area contributed by atoms with Crippen molar-refractivity contribution < 1.29 is 32.6 Å². The molecule has 3 aromatic carbocycles. The number of aliphatic carboxylic acids is 1. The quantitative estimate of drug-likeness (QED) is 0.380. The van der Waals surface area contributed by atoms with Gasteiger partial charge < -0.3 is 15.2 Å². The van der Waals surface area contributed by atoms with Crippen LogP contribution in [0.15, 0.2) is 59.1 Å². The molecule has 9 heteroatoms. The highest BCUT2D eigenvalue weighted by molar-refractivity contribution is 9.10. The summed E-state index contributed by atoms with van der Waals surface area (Å²) < 4.78 is 45.1. The lowest BCUT2D eigenvalue weighted by Gasteiger charge is -2.28. The van der Waals surface area contributed by atoms with E-state index in [-0.39, 0.29) is 17.9 Å². The lowest BCUT2D eigenvalue weighted by atomic mass is 9.86. The number of halogens is 4. The molecular formula is C25H23BrF3NO4. The van der Waals surface area contributed by atoms with Crippen LogP contribution in [-0.4, -0.2) is 23.0 Å². The average molecular weight is 538 g/mol. The highest BCUT2D eigenvalue weighted by Crippen LogP contribution is 2.36. The molecule has 0 saturated heterocycles. The summed E-state index contributed by atoms with van der Waals surface area (Å²) in [7, 11) is 0. The minimum absolute atomic E-state index is 0.0916. The van der Waals surface area contributed by atoms with Crippen molar-refractivity contribution in [2.45, 2.75) is 39.6 Å². The Morgan fingerprint density at radius 3 is 2.15 bits per heavy atom. The van der Waals surface area contributed by atoms with Crippen LogP contribution in [0.3, 0.4) is 0 Å². The lowest BCUT2D eigenvalue weighted by Crippen LogP contribution is -2.49. The van der Waals surface area contributed by atoms with Gasteiger partial charge in [0.1, 0.15) is 18.4 Å². The Hall–Kier alpha value is -3.07. The van der Waals surface area contributed by atoms with Crippen molar-refractivity contribution in [1.29, 1.82) is 0 Å². The van der Waals surface area contributed by atoms with E-state index < -0.39 is 35.1 Å². The molecule has 0 radical (unpaired) electrons. The fourth-order valence-electron chi connectivity index (χ4n) is 3.43. The molecule has 5 nitrogen and oxygen atoms in total. The minimum Gasteiger partial charge on any atom is -0.487 e. The highest BCUT2D eigenvalue weighted by Gasteiger charge is 2.34. The van der Waals surface area contributed by atoms with Crippen LogP contribution in [0.1, 0.15) is 42.3 Å². The largest absolute Gasteiger partial charge is 0.487 e. The summed E-state index contributed by atoms with van der Waals surface area (Å²) in [5.41, 5.74) is -0.943. The third-order valence-electron chi connectivity index (χ3n) is 5.24. The van der Waals surface area contributed by atoms with Gasteiger partial charge in [0.2, 0.25) is 0 Å². The average Bonchev–Trinajstić information content (AvgIpc) is 2.75. The van der Waals surface area contributed by atoms with E-state index in [0.717, 1.165) is 17.5 Å². The summed E-state index contributed by atoms with van der Waals surface area (Å²) in [5, 5.41) is 13.5. The van der Waals surface area contributed by atoms with Crippen molar-refractivity contribution in [3.8, 4) is 5.75 Å². The first-order chi connectivity index (χ1) is 15.8. The molecular weight excluding hydrogens is 515 g/mol. The number of fused-ring (bicyclic) bond motifs is 1. The first-order valence-corrected chi connectivity index (χ1v) is 11.1. The van der Waals surface area contributed by atoms with E-state index in [1.165, 1.54) is 12.1 Å². The summed E-state index contributed by atoms with van der Waals surface area (Å²) in [5.74, 6) is -1.61. The molecule has 0 bridgehead atoms. The smallest absolute Gasteiger partial charge is 0.416 e. The van der Waals surface area contributed by atoms with Crippen LogP contribution in [0.5, 0.6) is 5.75 Å². The topological polar surface area (TPSA) is 75.6 Å². The van der Waals surface area contributed by atoms with Gasteiger partial charge >= 0.3 is 12.1 Å². The Kier molecular flexibility index (Phi) is 7.26. The molecule has 0 aliphatic heterocycles. The number of carbonyl (C=O) groups is 2. The van der Waals surface area contributed by atoms with Gasteiger partial charge in [-0.05, 0) is 34.6 Å². The van der Waals surface area contributed by atoms with Crippen LogP contribution in [0.2, 0.25) is 0 Å². The highest BCUT2D eigenvalue weighted by atomic mass is 79.9. The van der Waals surface area contributed by atoms with Crippen molar-refractivity contribution in [3.05, 3.63) is 75.8 Å². The number of rotatable bonds is 6. The summed E-state index contributed by atoms with van der Waals surface area (Å²) in [6, 6.07) is 12.1. The van der Waals surface area contributed by atoms with Gasteiger partial charge in [0.15, 0.2) is 0 Å². The van der Waals surface area contributed by atoms with E-state index in [4.69, 9.17) is 4.74 Å². The summed E-state index contributed by atoms with van der Waals surface area (Å²) in [6.45, 7) is 5.00. The third kappa shape index (κ3) is 5.70. The molecule has 1 unspecified atom stereocenters. The van der Waals surface area contributed by atoms with Crippen molar-refractivity contribution >= 4 is 38.6 Å². The van der Waals surface area contributed by atoms with Gasteiger partial charge in [0.05, 0.1) is 11.1 Å². The van der Waals surface area contributed by atoms with Crippen LogP contribution in [0.25, 0.3) is 10.8 Å². The summed E-state index contributed by atoms with van der Waals surface area (Å²) in [6.07, 6.45) is -4.44.